The van der Waals surface area contributed by atoms with Crippen LogP contribution in [0, 0.1) is 0 Å². The molecule has 1 aromatic rings. The Morgan fingerprint density at radius 1 is 1.06 bits per heavy atom. The second-order valence-electron chi connectivity index (χ2n) is 3.41. The molecule has 0 unspecified atom stereocenters. The van der Waals surface area contributed by atoms with E-state index in [-0.39, 0.29) is 5.57 Å². The van der Waals surface area contributed by atoms with Crippen LogP contribution in [0.15, 0.2) is 29.8 Å². The summed E-state index contributed by atoms with van der Waals surface area (Å²) in [6.07, 6.45) is 1.43. The number of esters is 2. The van der Waals surface area contributed by atoms with E-state index in [2.05, 4.69) is 14.8 Å². The van der Waals surface area contributed by atoms with Gasteiger partial charge in [0.2, 0.25) is 0 Å². The van der Waals surface area contributed by atoms with Crippen molar-refractivity contribution in [3.8, 4) is 0 Å². The van der Waals surface area contributed by atoms with Crippen LogP contribution in [0.4, 0.5) is 5.69 Å². The van der Waals surface area contributed by atoms with Gasteiger partial charge in [-0.1, -0.05) is 12.1 Å². The van der Waals surface area contributed by atoms with Crippen molar-refractivity contribution in [3.05, 3.63) is 35.4 Å². The van der Waals surface area contributed by atoms with Crippen LogP contribution in [0.25, 0.3) is 6.08 Å². The Bertz CT molecular complexity index is 444. The first kappa shape index (κ1) is 13.8. The Morgan fingerprint density at radius 3 is 1.94 bits per heavy atom. The molecule has 18 heavy (non-hydrogen) atoms. The highest BCUT2D eigenvalue weighted by Gasteiger charge is 2.19. The zero-order chi connectivity index (χ0) is 13.5. The van der Waals surface area contributed by atoms with Crippen LogP contribution in [-0.4, -0.2) is 33.2 Å². The molecule has 1 aromatic carbocycles. The molecule has 0 aliphatic rings. The topological polar surface area (TPSA) is 64.6 Å². The van der Waals surface area contributed by atoms with Crippen molar-refractivity contribution in [3.63, 3.8) is 0 Å². The fourth-order valence-corrected chi connectivity index (χ4v) is 1.33. The molecule has 0 heterocycles. The van der Waals surface area contributed by atoms with Crippen molar-refractivity contribution in [1.82, 2.24) is 0 Å². The van der Waals surface area contributed by atoms with Gasteiger partial charge in [0.1, 0.15) is 5.57 Å². The zero-order valence-corrected chi connectivity index (χ0v) is 10.5. The van der Waals surface area contributed by atoms with Gasteiger partial charge < -0.3 is 14.8 Å². The van der Waals surface area contributed by atoms with Gasteiger partial charge >= 0.3 is 11.9 Å². The molecule has 96 valence electrons. The van der Waals surface area contributed by atoms with Crippen LogP contribution in [0.1, 0.15) is 5.56 Å². The fourth-order valence-electron chi connectivity index (χ4n) is 1.33. The van der Waals surface area contributed by atoms with Crippen LogP contribution in [0.2, 0.25) is 0 Å². The minimum absolute atomic E-state index is 0.141. The third-order valence-corrected chi connectivity index (χ3v) is 2.32. The van der Waals surface area contributed by atoms with E-state index in [1.165, 1.54) is 20.3 Å². The molecular formula is C13H15NO4. The second-order valence-corrected chi connectivity index (χ2v) is 3.41. The molecule has 0 aromatic heterocycles. The van der Waals surface area contributed by atoms with E-state index in [1.807, 2.05) is 12.1 Å². The van der Waals surface area contributed by atoms with E-state index >= 15 is 0 Å². The largest absolute Gasteiger partial charge is 0.465 e. The van der Waals surface area contributed by atoms with Crippen LogP contribution < -0.4 is 5.32 Å². The number of hydrogen-bond donors (Lipinski definition) is 1. The Kier molecular flexibility index (Phi) is 4.92. The summed E-state index contributed by atoms with van der Waals surface area (Å²) >= 11 is 0. The summed E-state index contributed by atoms with van der Waals surface area (Å²) in [5, 5.41) is 2.97. The van der Waals surface area contributed by atoms with Gasteiger partial charge in [-0.2, -0.15) is 0 Å². The number of benzene rings is 1. The third-order valence-electron chi connectivity index (χ3n) is 2.32. The summed E-state index contributed by atoms with van der Waals surface area (Å²) in [6, 6.07) is 7.21. The monoisotopic (exact) mass is 249 g/mol. The maximum atomic E-state index is 11.4. The SMILES string of the molecule is CNc1ccc(C=C(C(=O)OC)C(=O)OC)cc1. The molecule has 1 N–H and O–H groups in total. The third kappa shape index (κ3) is 3.35. The molecule has 0 radical (unpaired) electrons. The Hall–Kier alpha value is -2.30. The number of methoxy groups -OCH3 is 2. The van der Waals surface area contributed by atoms with Gasteiger partial charge in [0.25, 0.3) is 0 Å². The number of nitrogens with one attached hydrogen (secondary N) is 1. The van der Waals surface area contributed by atoms with Crippen molar-refractivity contribution < 1.29 is 19.1 Å². The van der Waals surface area contributed by atoms with E-state index in [0.29, 0.717) is 5.56 Å². The molecule has 0 saturated heterocycles. The number of carbonyl (C=O) groups is 2. The van der Waals surface area contributed by atoms with Gasteiger partial charge in [0.05, 0.1) is 14.2 Å². The Labute approximate surface area is 105 Å². The molecule has 0 bridgehead atoms. The number of carbonyl (C=O) groups excluding carboxylic acids is 2. The molecular weight excluding hydrogens is 234 g/mol. The van der Waals surface area contributed by atoms with Crippen LogP contribution in [0.3, 0.4) is 0 Å². The summed E-state index contributed by atoms with van der Waals surface area (Å²) in [6.45, 7) is 0. The summed E-state index contributed by atoms with van der Waals surface area (Å²) in [4.78, 5) is 22.9. The lowest BCUT2D eigenvalue weighted by molar-refractivity contribution is -0.143. The highest BCUT2D eigenvalue weighted by molar-refractivity contribution is 6.17. The highest BCUT2D eigenvalue weighted by Crippen LogP contribution is 2.13. The Balaban J connectivity index is 3.06. The lowest BCUT2D eigenvalue weighted by atomic mass is 10.1. The van der Waals surface area contributed by atoms with Crippen LogP contribution in [0.5, 0.6) is 0 Å². The lowest BCUT2D eigenvalue weighted by Crippen LogP contribution is -2.15. The van der Waals surface area contributed by atoms with Gasteiger partial charge in [-0.3, -0.25) is 0 Å². The first-order valence-electron chi connectivity index (χ1n) is 5.28. The Morgan fingerprint density at radius 2 is 1.56 bits per heavy atom. The molecule has 5 heteroatoms. The first-order chi connectivity index (χ1) is 8.62. The lowest BCUT2D eigenvalue weighted by Gasteiger charge is -2.04. The van der Waals surface area contributed by atoms with E-state index in [1.54, 1.807) is 19.2 Å². The van der Waals surface area contributed by atoms with Gasteiger partial charge in [0.15, 0.2) is 0 Å². The van der Waals surface area contributed by atoms with Crippen molar-refractivity contribution >= 4 is 23.7 Å². The fraction of sp³-hybridized carbons (Fsp3) is 0.231. The number of rotatable bonds is 4. The molecule has 1 rings (SSSR count). The molecule has 0 spiro atoms. The van der Waals surface area contributed by atoms with E-state index < -0.39 is 11.9 Å². The quantitative estimate of drug-likeness (QED) is 0.379. The predicted octanol–water partition coefficient (Wildman–Crippen LogP) is 1.46. The van der Waals surface area contributed by atoms with Gasteiger partial charge in [-0.05, 0) is 23.8 Å². The van der Waals surface area contributed by atoms with E-state index in [9.17, 15) is 9.59 Å². The second kappa shape index (κ2) is 6.44. The van der Waals surface area contributed by atoms with Crippen LogP contribution >= 0.6 is 0 Å². The van der Waals surface area contributed by atoms with Crippen molar-refractivity contribution in [1.29, 1.82) is 0 Å². The smallest absolute Gasteiger partial charge is 0.345 e. The van der Waals surface area contributed by atoms with Gasteiger partial charge in [0, 0.05) is 12.7 Å². The molecule has 0 aliphatic carbocycles. The standard InChI is InChI=1S/C13H15NO4/c1-14-10-6-4-9(5-7-10)8-11(12(15)17-2)13(16)18-3/h4-8,14H,1-3H3. The highest BCUT2D eigenvalue weighted by atomic mass is 16.5. The summed E-state index contributed by atoms with van der Waals surface area (Å²) in [5.41, 5.74) is 1.50. The average Bonchev–Trinajstić information content (AvgIpc) is 2.43. The van der Waals surface area contributed by atoms with Gasteiger partial charge in [-0.15, -0.1) is 0 Å². The molecule has 0 atom stereocenters. The minimum atomic E-state index is -0.723. The molecule has 0 amide bonds. The van der Waals surface area contributed by atoms with E-state index in [4.69, 9.17) is 0 Å². The maximum absolute atomic E-state index is 11.4. The maximum Gasteiger partial charge on any atom is 0.345 e. The summed E-state index contributed by atoms with van der Waals surface area (Å²) in [5.74, 6) is -1.45. The minimum Gasteiger partial charge on any atom is -0.465 e. The summed E-state index contributed by atoms with van der Waals surface area (Å²) < 4.78 is 9.06. The molecule has 0 saturated carbocycles. The molecule has 0 fully saturated rings. The number of anilines is 1. The number of ether oxygens (including phenoxy) is 2. The molecule has 5 nitrogen and oxygen atoms in total. The first-order valence-corrected chi connectivity index (χ1v) is 5.28. The average molecular weight is 249 g/mol. The van der Waals surface area contributed by atoms with Crippen molar-refractivity contribution in [2.24, 2.45) is 0 Å². The molecule has 0 aliphatic heterocycles. The van der Waals surface area contributed by atoms with Crippen LogP contribution in [-0.2, 0) is 19.1 Å². The van der Waals surface area contributed by atoms with Gasteiger partial charge in [-0.25, -0.2) is 9.59 Å². The normalized spacial score (nSPS) is 9.28. The van der Waals surface area contributed by atoms with Crippen molar-refractivity contribution in [2.75, 3.05) is 26.6 Å². The predicted molar refractivity (Wildman–Crippen MR) is 68.0 cm³/mol. The summed E-state index contributed by atoms with van der Waals surface area (Å²) in [7, 11) is 4.23. The number of hydrogen-bond acceptors (Lipinski definition) is 5. The van der Waals surface area contributed by atoms with E-state index in [0.717, 1.165) is 5.69 Å². The zero-order valence-electron chi connectivity index (χ0n) is 10.5. The van der Waals surface area contributed by atoms with Crippen molar-refractivity contribution in [2.45, 2.75) is 0 Å².